The number of likely N-dealkylation sites (tertiary alicyclic amines) is 1. The lowest BCUT2D eigenvalue weighted by atomic mass is 9.81. The van der Waals surface area contributed by atoms with Gasteiger partial charge in [-0.1, -0.05) is 6.42 Å². The van der Waals surface area contributed by atoms with Gasteiger partial charge in [0.15, 0.2) is 0 Å². The van der Waals surface area contributed by atoms with Crippen molar-refractivity contribution in [1.29, 1.82) is 0 Å². The van der Waals surface area contributed by atoms with Crippen LogP contribution in [0.4, 0.5) is 0 Å². The van der Waals surface area contributed by atoms with E-state index in [1.807, 2.05) is 0 Å². The predicted octanol–water partition coefficient (Wildman–Crippen LogP) is 2.25. The third-order valence-electron chi connectivity index (χ3n) is 5.23. The molecule has 0 amide bonds. The number of nitrogens with zero attached hydrogens (tertiary/aromatic N) is 1. The van der Waals surface area contributed by atoms with Crippen LogP contribution in [0.1, 0.15) is 44.9 Å². The maximum atomic E-state index is 11.5. The highest BCUT2D eigenvalue weighted by atomic mass is 16.5. The van der Waals surface area contributed by atoms with Gasteiger partial charge in [-0.15, -0.1) is 0 Å². The Labute approximate surface area is 110 Å². The molecule has 102 valence electrons. The molecule has 3 aliphatic rings. The zero-order chi connectivity index (χ0) is 12.4. The molecular weight excluding hydrogens is 226 g/mol. The van der Waals surface area contributed by atoms with E-state index in [1.165, 1.54) is 44.9 Å². The van der Waals surface area contributed by atoms with Gasteiger partial charge in [0.05, 0.1) is 12.0 Å². The Morgan fingerprint density at radius 3 is 2.89 bits per heavy atom. The van der Waals surface area contributed by atoms with Gasteiger partial charge < -0.3 is 9.53 Å². The van der Waals surface area contributed by atoms with Crippen molar-refractivity contribution in [3.05, 3.63) is 0 Å². The molecule has 0 N–H and O–H groups in total. The van der Waals surface area contributed by atoms with Crippen molar-refractivity contribution in [2.24, 2.45) is 11.3 Å². The first kappa shape index (κ1) is 12.6. The van der Waals surface area contributed by atoms with Crippen LogP contribution in [0.2, 0.25) is 0 Å². The van der Waals surface area contributed by atoms with E-state index in [4.69, 9.17) is 4.74 Å². The van der Waals surface area contributed by atoms with Crippen LogP contribution >= 0.6 is 0 Å². The summed E-state index contributed by atoms with van der Waals surface area (Å²) in [6, 6.07) is 0.762. The molecule has 3 rings (SSSR count). The first-order chi connectivity index (χ1) is 8.83. The molecule has 2 saturated heterocycles. The summed E-state index contributed by atoms with van der Waals surface area (Å²) in [6.07, 6.45) is 10.1. The monoisotopic (exact) mass is 251 g/mol. The zero-order valence-corrected chi connectivity index (χ0v) is 11.3. The topological polar surface area (TPSA) is 29.5 Å². The molecule has 3 heteroatoms. The van der Waals surface area contributed by atoms with Crippen LogP contribution in [0.5, 0.6) is 0 Å². The number of ether oxygens (including phenoxy) is 1. The average Bonchev–Trinajstić information content (AvgIpc) is 2.89. The summed E-state index contributed by atoms with van der Waals surface area (Å²) < 4.78 is 5.57. The quantitative estimate of drug-likeness (QED) is 0.721. The van der Waals surface area contributed by atoms with Gasteiger partial charge in [-0.25, -0.2) is 0 Å². The molecule has 2 heterocycles. The van der Waals surface area contributed by atoms with Crippen molar-refractivity contribution in [3.63, 3.8) is 0 Å². The molecule has 0 bridgehead atoms. The maximum absolute atomic E-state index is 11.5. The maximum Gasteiger partial charge on any atom is 0.129 e. The number of hydrogen-bond acceptors (Lipinski definition) is 3. The van der Waals surface area contributed by atoms with E-state index in [2.05, 4.69) is 4.90 Å². The fourth-order valence-corrected chi connectivity index (χ4v) is 4.29. The van der Waals surface area contributed by atoms with Gasteiger partial charge in [-0.05, 0) is 51.0 Å². The highest BCUT2D eigenvalue weighted by molar-refractivity contribution is 5.60. The molecule has 18 heavy (non-hydrogen) atoms. The average molecular weight is 251 g/mol. The molecular formula is C15H25NO2. The molecule has 3 unspecified atom stereocenters. The van der Waals surface area contributed by atoms with Crippen LogP contribution in [0.15, 0.2) is 0 Å². The van der Waals surface area contributed by atoms with Gasteiger partial charge in [-0.2, -0.15) is 0 Å². The van der Waals surface area contributed by atoms with Crippen LogP contribution in [0.25, 0.3) is 0 Å². The lowest BCUT2D eigenvalue weighted by molar-refractivity contribution is -0.127. The summed E-state index contributed by atoms with van der Waals surface area (Å²) in [4.78, 5) is 14.2. The molecule has 0 aromatic carbocycles. The molecule has 0 spiro atoms. The van der Waals surface area contributed by atoms with Gasteiger partial charge >= 0.3 is 0 Å². The van der Waals surface area contributed by atoms with Crippen molar-refractivity contribution >= 4 is 6.29 Å². The Morgan fingerprint density at radius 2 is 2.11 bits per heavy atom. The molecule has 0 radical (unpaired) electrons. The zero-order valence-electron chi connectivity index (χ0n) is 11.3. The fraction of sp³-hybridized carbons (Fsp3) is 0.933. The summed E-state index contributed by atoms with van der Waals surface area (Å²) in [5.41, 5.74) is -0.206. The number of piperidine rings is 1. The number of fused-ring (bicyclic) bond motifs is 1. The van der Waals surface area contributed by atoms with Crippen LogP contribution in [-0.2, 0) is 9.53 Å². The second kappa shape index (κ2) is 5.30. The van der Waals surface area contributed by atoms with Crippen LogP contribution in [0.3, 0.4) is 0 Å². The van der Waals surface area contributed by atoms with Crippen LogP contribution < -0.4 is 0 Å². The Hall–Kier alpha value is -0.410. The molecule has 2 aliphatic heterocycles. The van der Waals surface area contributed by atoms with Crippen molar-refractivity contribution in [2.45, 2.75) is 51.0 Å². The minimum absolute atomic E-state index is 0.206. The largest absolute Gasteiger partial charge is 0.380 e. The molecule has 0 aromatic rings. The summed E-state index contributed by atoms with van der Waals surface area (Å²) in [7, 11) is 0. The van der Waals surface area contributed by atoms with Gasteiger partial charge in [0, 0.05) is 19.2 Å². The molecule has 3 fully saturated rings. The molecule has 0 aromatic heterocycles. The smallest absolute Gasteiger partial charge is 0.129 e. The fourth-order valence-electron chi connectivity index (χ4n) is 4.29. The van der Waals surface area contributed by atoms with E-state index >= 15 is 0 Å². The molecule has 1 saturated carbocycles. The Balaban J connectivity index is 1.68. The minimum atomic E-state index is -0.206. The third-order valence-corrected chi connectivity index (χ3v) is 5.23. The number of hydrogen-bond donors (Lipinski definition) is 0. The number of rotatable bonds is 3. The second-order valence-corrected chi connectivity index (χ2v) is 6.51. The highest BCUT2D eigenvalue weighted by Crippen LogP contribution is 2.39. The summed E-state index contributed by atoms with van der Waals surface area (Å²) >= 11 is 0. The number of aldehydes is 1. The number of carbonyl (C=O) groups excluding carboxylic acids is 1. The SMILES string of the molecule is O=CC1(CN2CCCC3CCCC32)CCCOC1. The summed E-state index contributed by atoms with van der Waals surface area (Å²) in [5.74, 6) is 0.909. The van der Waals surface area contributed by atoms with E-state index in [0.717, 1.165) is 38.0 Å². The van der Waals surface area contributed by atoms with E-state index in [9.17, 15) is 4.79 Å². The normalized spacial score (nSPS) is 41.6. The van der Waals surface area contributed by atoms with Crippen molar-refractivity contribution < 1.29 is 9.53 Å². The van der Waals surface area contributed by atoms with Gasteiger partial charge in [0.25, 0.3) is 0 Å². The lowest BCUT2D eigenvalue weighted by Gasteiger charge is -2.43. The van der Waals surface area contributed by atoms with Gasteiger partial charge in [0.1, 0.15) is 6.29 Å². The van der Waals surface area contributed by atoms with Crippen molar-refractivity contribution in [1.82, 2.24) is 4.90 Å². The Kier molecular flexibility index (Phi) is 3.71. The predicted molar refractivity (Wildman–Crippen MR) is 70.5 cm³/mol. The Morgan fingerprint density at radius 1 is 1.22 bits per heavy atom. The minimum Gasteiger partial charge on any atom is -0.380 e. The van der Waals surface area contributed by atoms with Gasteiger partial charge in [-0.3, -0.25) is 4.90 Å². The molecule has 1 aliphatic carbocycles. The summed E-state index contributed by atoms with van der Waals surface area (Å²) in [6.45, 7) is 3.61. The van der Waals surface area contributed by atoms with Gasteiger partial charge in [0.2, 0.25) is 0 Å². The van der Waals surface area contributed by atoms with E-state index in [0.29, 0.717) is 6.61 Å². The first-order valence-electron chi connectivity index (χ1n) is 7.61. The van der Waals surface area contributed by atoms with Crippen LogP contribution in [-0.4, -0.2) is 43.5 Å². The summed E-state index contributed by atoms with van der Waals surface area (Å²) in [5, 5.41) is 0. The van der Waals surface area contributed by atoms with Crippen molar-refractivity contribution in [3.8, 4) is 0 Å². The highest BCUT2D eigenvalue weighted by Gasteiger charge is 2.41. The van der Waals surface area contributed by atoms with E-state index in [1.54, 1.807) is 0 Å². The van der Waals surface area contributed by atoms with Crippen molar-refractivity contribution in [2.75, 3.05) is 26.3 Å². The molecule has 3 atom stereocenters. The number of carbonyl (C=O) groups is 1. The van der Waals surface area contributed by atoms with E-state index < -0.39 is 0 Å². The lowest BCUT2D eigenvalue weighted by Crippen LogP contribution is -2.51. The molecule has 3 nitrogen and oxygen atoms in total. The standard InChI is InChI=1S/C15H25NO2/c17-11-15(7-3-9-18-12-15)10-16-8-2-5-13-4-1-6-14(13)16/h11,13-14H,1-10,12H2. The Bertz CT molecular complexity index is 299. The van der Waals surface area contributed by atoms with E-state index in [-0.39, 0.29) is 5.41 Å². The first-order valence-corrected chi connectivity index (χ1v) is 7.61. The van der Waals surface area contributed by atoms with Crippen LogP contribution in [0, 0.1) is 11.3 Å². The third kappa shape index (κ3) is 2.35. The second-order valence-electron chi connectivity index (χ2n) is 6.51.